The highest BCUT2D eigenvalue weighted by atomic mass is 32.2. The zero-order valence-corrected chi connectivity index (χ0v) is 12.0. The van der Waals surface area contributed by atoms with E-state index in [1.54, 1.807) is 31.2 Å². The highest BCUT2D eigenvalue weighted by molar-refractivity contribution is 7.94. The first-order valence-electron chi connectivity index (χ1n) is 5.80. The highest BCUT2D eigenvalue weighted by Crippen LogP contribution is 2.26. The first-order valence-corrected chi connectivity index (χ1v) is 7.30. The first kappa shape index (κ1) is 15.3. The van der Waals surface area contributed by atoms with E-state index in [1.165, 1.54) is 6.92 Å². The van der Waals surface area contributed by atoms with Crippen LogP contribution in [0.5, 0.6) is 0 Å². The molecule has 0 aromatic heterocycles. The summed E-state index contributed by atoms with van der Waals surface area (Å²) in [5, 5.41) is -1.28. The number of hydrogen-bond donors (Lipinski definition) is 1. The second-order valence-electron chi connectivity index (χ2n) is 3.93. The number of esters is 1. The van der Waals surface area contributed by atoms with E-state index in [4.69, 9.17) is 5.73 Å². The molecule has 0 spiro atoms. The number of methoxy groups -OCH3 is 1. The molecule has 0 aliphatic rings. The minimum absolute atomic E-state index is 0.178. The summed E-state index contributed by atoms with van der Waals surface area (Å²) in [6.07, 6.45) is 0. The normalized spacial score (nSPS) is 12.8. The van der Waals surface area contributed by atoms with E-state index in [0.717, 1.165) is 11.4 Å². The minimum atomic E-state index is -3.86. The smallest absolute Gasteiger partial charge is 0.325 e. The number of sulfonamides is 1. The van der Waals surface area contributed by atoms with Crippen molar-refractivity contribution in [2.75, 3.05) is 23.7 Å². The van der Waals surface area contributed by atoms with Gasteiger partial charge in [-0.2, -0.15) is 0 Å². The number of nitrogens with zero attached hydrogens (tertiary/aromatic N) is 1. The Kier molecular flexibility index (Phi) is 4.77. The lowest BCUT2D eigenvalue weighted by Crippen LogP contribution is -2.42. The molecule has 0 saturated carbocycles. The molecular weight excluding hydrogens is 268 g/mol. The van der Waals surface area contributed by atoms with Gasteiger partial charge in [0, 0.05) is 6.54 Å². The van der Waals surface area contributed by atoms with E-state index >= 15 is 0 Å². The molecule has 19 heavy (non-hydrogen) atoms. The Balaban J connectivity index is 3.24. The number of para-hydroxylation sites is 2. The second kappa shape index (κ2) is 5.92. The van der Waals surface area contributed by atoms with Crippen LogP contribution in [0.25, 0.3) is 0 Å². The van der Waals surface area contributed by atoms with Gasteiger partial charge in [-0.1, -0.05) is 12.1 Å². The molecule has 7 heteroatoms. The van der Waals surface area contributed by atoms with E-state index < -0.39 is 21.2 Å². The standard InChI is InChI=1S/C12H18N2O4S/c1-4-14(11-8-6-5-7-10(11)13)19(16,17)9(2)12(15)18-3/h5-9H,4,13H2,1-3H3. The van der Waals surface area contributed by atoms with Crippen molar-refractivity contribution in [1.29, 1.82) is 0 Å². The monoisotopic (exact) mass is 286 g/mol. The van der Waals surface area contributed by atoms with E-state index in [1.807, 2.05) is 0 Å². The Morgan fingerprint density at radius 3 is 2.47 bits per heavy atom. The van der Waals surface area contributed by atoms with Crippen LogP contribution in [0.15, 0.2) is 24.3 Å². The number of nitrogen functional groups attached to an aromatic ring is 1. The SMILES string of the molecule is CCN(c1ccccc1N)S(=O)(=O)C(C)C(=O)OC. The maximum atomic E-state index is 12.4. The summed E-state index contributed by atoms with van der Waals surface area (Å²) >= 11 is 0. The number of hydrogen-bond acceptors (Lipinski definition) is 5. The number of ether oxygens (including phenoxy) is 1. The van der Waals surface area contributed by atoms with Crippen molar-refractivity contribution in [1.82, 2.24) is 0 Å². The zero-order valence-electron chi connectivity index (χ0n) is 11.2. The van der Waals surface area contributed by atoms with Crippen LogP contribution in [-0.2, 0) is 19.6 Å². The van der Waals surface area contributed by atoms with Gasteiger partial charge in [0.2, 0.25) is 10.0 Å². The van der Waals surface area contributed by atoms with E-state index in [2.05, 4.69) is 4.74 Å². The van der Waals surface area contributed by atoms with Gasteiger partial charge in [-0.15, -0.1) is 0 Å². The average molecular weight is 286 g/mol. The Hall–Kier alpha value is -1.76. The maximum Gasteiger partial charge on any atom is 0.325 e. The molecule has 0 amide bonds. The number of anilines is 2. The molecule has 0 radical (unpaired) electrons. The summed E-state index contributed by atoms with van der Waals surface area (Å²) in [7, 11) is -2.70. The molecule has 1 unspecified atom stereocenters. The van der Waals surface area contributed by atoms with Gasteiger partial charge in [0.25, 0.3) is 0 Å². The molecule has 1 aromatic carbocycles. The van der Waals surface area contributed by atoms with E-state index in [-0.39, 0.29) is 6.54 Å². The number of nitrogens with two attached hydrogens (primary N) is 1. The fourth-order valence-corrected chi connectivity index (χ4v) is 3.20. The lowest BCUT2D eigenvalue weighted by Gasteiger charge is -2.26. The van der Waals surface area contributed by atoms with E-state index in [9.17, 15) is 13.2 Å². The fourth-order valence-electron chi connectivity index (χ4n) is 1.68. The predicted octanol–water partition coefficient (Wildman–Crippen LogP) is 0.986. The highest BCUT2D eigenvalue weighted by Gasteiger charge is 2.34. The molecule has 106 valence electrons. The topological polar surface area (TPSA) is 89.7 Å². The summed E-state index contributed by atoms with van der Waals surface area (Å²) in [5.74, 6) is -0.798. The molecule has 1 aromatic rings. The maximum absolute atomic E-state index is 12.4. The van der Waals surface area contributed by atoms with Crippen LogP contribution >= 0.6 is 0 Å². The lowest BCUT2D eigenvalue weighted by atomic mass is 10.3. The lowest BCUT2D eigenvalue weighted by molar-refractivity contribution is -0.139. The van der Waals surface area contributed by atoms with Gasteiger partial charge in [0.1, 0.15) is 0 Å². The summed E-state index contributed by atoms with van der Waals surface area (Å²) < 4.78 is 30.4. The van der Waals surface area contributed by atoms with Gasteiger partial charge in [-0.3, -0.25) is 9.10 Å². The van der Waals surface area contributed by atoms with E-state index in [0.29, 0.717) is 11.4 Å². The van der Waals surface area contributed by atoms with Gasteiger partial charge in [-0.05, 0) is 26.0 Å². The second-order valence-corrected chi connectivity index (χ2v) is 6.11. The molecule has 1 atom stereocenters. The third kappa shape index (κ3) is 2.98. The van der Waals surface area contributed by atoms with Gasteiger partial charge in [0.15, 0.2) is 5.25 Å². The van der Waals surface area contributed by atoms with Crippen molar-refractivity contribution in [3.05, 3.63) is 24.3 Å². The Bertz CT molecular complexity index is 557. The van der Waals surface area contributed by atoms with Crippen LogP contribution in [0, 0.1) is 0 Å². The summed E-state index contributed by atoms with van der Waals surface area (Å²) in [6, 6.07) is 6.60. The molecule has 0 saturated heterocycles. The van der Waals surface area contributed by atoms with Crippen molar-refractivity contribution in [2.24, 2.45) is 0 Å². The van der Waals surface area contributed by atoms with Crippen LogP contribution in [0.3, 0.4) is 0 Å². The molecule has 6 nitrogen and oxygen atoms in total. The molecule has 0 heterocycles. The van der Waals surface area contributed by atoms with Gasteiger partial charge in [-0.25, -0.2) is 8.42 Å². The summed E-state index contributed by atoms with van der Waals surface area (Å²) in [5.41, 5.74) is 6.48. The summed E-state index contributed by atoms with van der Waals surface area (Å²) in [4.78, 5) is 11.4. The Morgan fingerprint density at radius 2 is 2.00 bits per heavy atom. The number of carbonyl (C=O) groups excluding carboxylic acids is 1. The minimum Gasteiger partial charge on any atom is -0.468 e. The largest absolute Gasteiger partial charge is 0.468 e. The van der Waals surface area contributed by atoms with Gasteiger partial charge < -0.3 is 10.5 Å². The molecule has 0 aliphatic carbocycles. The van der Waals surface area contributed by atoms with Crippen molar-refractivity contribution in [2.45, 2.75) is 19.1 Å². The zero-order chi connectivity index (χ0) is 14.6. The van der Waals surface area contributed by atoms with Crippen LogP contribution in [0.4, 0.5) is 11.4 Å². The van der Waals surface area contributed by atoms with Crippen LogP contribution in [-0.4, -0.2) is 33.3 Å². The average Bonchev–Trinajstić information content (AvgIpc) is 2.39. The third-order valence-corrected chi connectivity index (χ3v) is 4.94. The molecule has 0 bridgehead atoms. The summed E-state index contributed by atoms with van der Waals surface area (Å²) in [6.45, 7) is 3.15. The number of benzene rings is 1. The quantitative estimate of drug-likeness (QED) is 0.644. The fraction of sp³-hybridized carbons (Fsp3) is 0.417. The van der Waals surface area contributed by atoms with Crippen LogP contribution in [0.2, 0.25) is 0 Å². The van der Waals surface area contributed by atoms with Crippen molar-refractivity contribution < 1.29 is 17.9 Å². The predicted molar refractivity (Wildman–Crippen MR) is 74.3 cm³/mol. The van der Waals surface area contributed by atoms with Crippen molar-refractivity contribution in [3.8, 4) is 0 Å². The Morgan fingerprint density at radius 1 is 1.42 bits per heavy atom. The molecule has 0 fully saturated rings. The molecular formula is C12H18N2O4S. The van der Waals surface area contributed by atoms with Crippen molar-refractivity contribution in [3.63, 3.8) is 0 Å². The van der Waals surface area contributed by atoms with Gasteiger partial charge in [0.05, 0.1) is 18.5 Å². The Labute approximate surface area is 113 Å². The number of carbonyl (C=O) groups is 1. The third-order valence-electron chi connectivity index (χ3n) is 2.78. The van der Waals surface area contributed by atoms with Crippen molar-refractivity contribution >= 4 is 27.4 Å². The van der Waals surface area contributed by atoms with Crippen LogP contribution in [0.1, 0.15) is 13.8 Å². The van der Waals surface area contributed by atoms with Crippen LogP contribution < -0.4 is 10.0 Å². The molecule has 0 aliphatic heterocycles. The first-order chi connectivity index (χ1) is 8.86. The number of rotatable bonds is 5. The molecule has 1 rings (SSSR count). The van der Waals surface area contributed by atoms with Gasteiger partial charge >= 0.3 is 5.97 Å². The molecule has 2 N–H and O–H groups in total.